The van der Waals surface area contributed by atoms with Gasteiger partial charge in [0.05, 0.1) is 0 Å². The first kappa shape index (κ1) is 12.0. The maximum absolute atomic E-state index is 10.9. The summed E-state index contributed by atoms with van der Waals surface area (Å²) in [5.41, 5.74) is -1.20. The molecule has 0 aliphatic carbocycles. The molecule has 0 rings (SSSR count). The van der Waals surface area contributed by atoms with Crippen molar-refractivity contribution in [3.8, 4) is 6.07 Å². The van der Waals surface area contributed by atoms with E-state index < -0.39 is 14.2 Å². The number of hydrogen-bond acceptors (Lipinski definition) is 4. The monoisotopic (exact) mass is 202 g/mol. The van der Waals surface area contributed by atoms with Crippen molar-refractivity contribution < 1.29 is 13.8 Å². The van der Waals surface area contributed by atoms with Gasteiger partial charge >= 0.3 is 14.3 Å². The zero-order valence-electron chi connectivity index (χ0n) is 7.77. The molecule has 0 aromatic carbocycles. The van der Waals surface area contributed by atoms with Gasteiger partial charge in [-0.25, -0.2) is 0 Å². The Hall–Kier alpha value is -0.980. The van der Waals surface area contributed by atoms with Crippen LogP contribution in [0.3, 0.4) is 0 Å². The lowest BCUT2D eigenvalue weighted by Crippen LogP contribution is -2.37. The van der Waals surface area contributed by atoms with Gasteiger partial charge in [0, 0.05) is 6.61 Å². The number of ether oxygens (including phenoxy) is 1. The summed E-state index contributed by atoms with van der Waals surface area (Å²) in [6, 6.07) is 1.68. The summed E-state index contributed by atoms with van der Waals surface area (Å²) < 4.78 is 15.5. The number of hydrogen-bond donors (Lipinski definition) is 0. The Labute approximate surface area is 78.5 Å². The second kappa shape index (κ2) is 4.90. The fraction of sp³-hybridized carbons (Fsp3) is 0.714. The zero-order chi connectivity index (χ0) is 10.5. The van der Waals surface area contributed by atoms with E-state index in [4.69, 9.17) is 10.00 Å². The third kappa shape index (κ3) is 3.10. The third-order valence-electron chi connectivity index (χ3n) is 1.45. The highest BCUT2D eigenvalue weighted by atomic mass is 31.1. The Kier molecular flexibility index (Phi) is 4.53. The molecular formula is C7H11N2O3P. The molecule has 0 fully saturated rings. The van der Waals surface area contributed by atoms with Gasteiger partial charge in [0.2, 0.25) is 0 Å². The van der Waals surface area contributed by atoms with Gasteiger partial charge in [0.1, 0.15) is 0 Å². The topological polar surface area (TPSA) is 76.2 Å². The van der Waals surface area contributed by atoms with Crippen LogP contribution in [0.25, 0.3) is 0 Å². The van der Waals surface area contributed by atoms with Gasteiger partial charge in [-0.2, -0.15) is 9.83 Å². The fourth-order valence-corrected chi connectivity index (χ4v) is 1.24. The molecular weight excluding hydrogens is 191 g/mol. The maximum Gasteiger partial charge on any atom is 0.525 e. The normalized spacial score (nSPS) is 13.7. The lowest BCUT2D eigenvalue weighted by Gasteiger charge is -2.19. The van der Waals surface area contributed by atoms with Crippen molar-refractivity contribution in [1.29, 1.82) is 5.26 Å². The van der Waals surface area contributed by atoms with Gasteiger partial charge in [-0.1, -0.05) is 0 Å². The molecule has 0 aliphatic heterocycles. The Balaban J connectivity index is 5.00. The molecule has 72 valence electrons. The zero-order valence-corrected chi connectivity index (χ0v) is 8.67. The molecule has 6 heteroatoms. The molecule has 13 heavy (non-hydrogen) atoms. The molecule has 0 aromatic heterocycles. The quantitative estimate of drug-likeness (QED) is 0.299. The summed E-state index contributed by atoms with van der Waals surface area (Å²) in [4.78, 5) is 0. The van der Waals surface area contributed by atoms with Crippen molar-refractivity contribution in [2.24, 2.45) is 0 Å². The van der Waals surface area contributed by atoms with E-state index in [-0.39, 0.29) is 10.2 Å². The Morgan fingerprint density at radius 3 is 2.62 bits per heavy atom. The lowest BCUT2D eigenvalue weighted by molar-refractivity contribution is -0.280. The largest absolute Gasteiger partial charge is 0.614 e. The molecule has 0 bridgehead atoms. The van der Waals surface area contributed by atoms with Crippen LogP contribution in [0, 0.1) is 16.5 Å². The lowest BCUT2D eigenvalue weighted by atomic mass is 10.0. The number of nitriles is 1. The molecule has 0 saturated heterocycles. The third-order valence-corrected chi connectivity index (χ3v) is 1.80. The van der Waals surface area contributed by atoms with Gasteiger partial charge in [0.25, 0.3) is 0 Å². The minimum Gasteiger partial charge on any atom is -0.614 e. The molecule has 0 atom stereocenters. The van der Waals surface area contributed by atoms with E-state index in [1.54, 1.807) is 26.8 Å². The molecule has 0 N–H and O–H groups in total. The van der Waals surface area contributed by atoms with Crippen LogP contribution in [-0.4, -0.2) is 22.4 Å². The summed E-state index contributed by atoms with van der Waals surface area (Å²) in [6.45, 7) is 5.28. The van der Waals surface area contributed by atoms with Crippen LogP contribution in [0.15, 0.2) is 0 Å². The highest BCUT2D eigenvalue weighted by Gasteiger charge is 2.33. The first-order valence-corrected chi connectivity index (χ1v) is 4.48. The van der Waals surface area contributed by atoms with E-state index >= 15 is 0 Å². The molecule has 0 aromatic rings. The molecule has 0 heterocycles. The fourth-order valence-electron chi connectivity index (χ4n) is 0.878. The van der Waals surface area contributed by atoms with Gasteiger partial charge < -0.3 is 9.94 Å². The Morgan fingerprint density at radius 1 is 1.77 bits per heavy atom. The van der Waals surface area contributed by atoms with E-state index in [2.05, 4.69) is 0 Å². The van der Waals surface area contributed by atoms with Crippen LogP contribution in [-0.2, 0) is 9.30 Å². The molecule has 5 nitrogen and oxygen atoms in total. The number of rotatable bonds is 4. The van der Waals surface area contributed by atoms with E-state index in [1.165, 1.54) is 0 Å². The Bertz CT molecular complexity index is 267. The van der Waals surface area contributed by atoms with Crippen molar-refractivity contribution in [2.75, 3.05) is 6.61 Å². The van der Waals surface area contributed by atoms with E-state index in [0.717, 1.165) is 0 Å². The predicted molar refractivity (Wildman–Crippen MR) is 47.6 cm³/mol. The maximum atomic E-state index is 10.9. The van der Waals surface area contributed by atoms with Gasteiger partial charge in [0.15, 0.2) is 11.7 Å². The van der Waals surface area contributed by atoms with Crippen molar-refractivity contribution in [1.82, 2.24) is 0 Å². The predicted octanol–water partition coefficient (Wildman–Crippen LogP) is 1.48. The van der Waals surface area contributed by atoms with Gasteiger partial charge in [-0.15, -0.1) is 4.51 Å². The summed E-state index contributed by atoms with van der Waals surface area (Å²) in [6.07, 6.45) is 0. The first-order chi connectivity index (χ1) is 5.99. The van der Waals surface area contributed by atoms with Crippen LogP contribution in [0.4, 0.5) is 0 Å². The molecule has 0 saturated carbocycles. The first-order valence-electron chi connectivity index (χ1n) is 3.71. The van der Waals surface area contributed by atoms with E-state index in [9.17, 15) is 9.77 Å². The van der Waals surface area contributed by atoms with Gasteiger partial charge in [-0.05, 0) is 20.8 Å². The van der Waals surface area contributed by atoms with Crippen LogP contribution < -0.4 is 0 Å². The van der Waals surface area contributed by atoms with E-state index in [1.807, 2.05) is 0 Å². The number of nitrogens with zero attached hydrogens (tertiary/aromatic N) is 2. The Morgan fingerprint density at radius 2 is 2.31 bits per heavy atom. The van der Waals surface area contributed by atoms with Crippen LogP contribution in [0.2, 0.25) is 0 Å². The highest BCUT2D eigenvalue weighted by Crippen LogP contribution is 2.13. The van der Waals surface area contributed by atoms with Crippen LogP contribution >= 0.6 is 8.61 Å². The summed E-state index contributed by atoms with van der Waals surface area (Å²) >= 11 is 0. The van der Waals surface area contributed by atoms with Crippen molar-refractivity contribution in [3.63, 3.8) is 0 Å². The van der Waals surface area contributed by atoms with E-state index in [0.29, 0.717) is 6.61 Å². The van der Waals surface area contributed by atoms with Crippen LogP contribution in [0.1, 0.15) is 20.8 Å². The minimum absolute atomic E-state index is 0.0790. The molecule has 0 amide bonds. The second-order valence-corrected chi connectivity index (χ2v) is 3.28. The summed E-state index contributed by atoms with van der Waals surface area (Å²) in [5.74, 6) is 0. The van der Waals surface area contributed by atoms with Crippen LogP contribution in [0.5, 0.6) is 0 Å². The average molecular weight is 202 g/mol. The van der Waals surface area contributed by atoms with Crippen molar-refractivity contribution in [2.45, 2.75) is 26.4 Å². The van der Waals surface area contributed by atoms with Crippen molar-refractivity contribution >= 4 is 14.3 Å². The minimum atomic E-state index is -0.997. The molecule has 0 aliphatic rings. The summed E-state index contributed by atoms with van der Waals surface area (Å²) in [7, 11) is -0.758. The SMILES string of the molecule is CCOC(C)(C)/C(C#N)=[N+](\[O-])P=O. The van der Waals surface area contributed by atoms with Crippen molar-refractivity contribution in [3.05, 3.63) is 5.21 Å². The van der Waals surface area contributed by atoms with Gasteiger partial charge in [-0.3, -0.25) is 0 Å². The summed E-state index contributed by atoms with van der Waals surface area (Å²) in [5, 5.41) is 19.6. The average Bonchev–Trinajstić information content (AvgIpc) is 2.04. The molecule has 0 spiro atoms. The standard InChI is InChI=1S/C7H11N2O3P/c1-4-12-7(2,3)6(5-8)9(10)13-11/h4H2,1-3H3/b9-6+. The molecule has 0 unspecified atom stereocenters. The smallest absolute Gasteiger partial charge is 0.525 e. The molecule has 0 radical (unpaired) electrons. The second-order valence-electron chi connectivity index (χ2n) is 2.76. The highest BCUT2D eigenvalue weighted by molar-refractivity contribution is 7.16.